The van der Waals surface area contributed by atoms with Crippen LogP contribution in [0.4, 0.5) is 0 Å². The molecule has 6 heteroatoms. The zero-order chi connectivity index (χ0) is 10.2. The molecule has 13 heavy (non-hydrogen) atoms. The Hall–Kier alpha value is -1.33. The van der Waals surface area contributed by atoms with Crippen molar-refractivity contribution in [2.45, 2.75) is 32.6 Å². The highest BCUT2D eigenvalue weighted by Crippen LogP contribution is 2.21. The molecule has 0 aromatic carbocycles. The minimum absolute atomic E-state index is 0.286. The van der Waals surface area contributed by atoms with Gasteiger partial charge in [0.1, 0.15) is 6.34 Å². The molecule has 0 N–H and O–H groups in total. The Morgan fingerprint density at radius 3 is 2.38 bits per heavy atom. The molecule has 0 radical (unpaired) electrons. The lowest BCUT2D eigenvalue weighted by molar-refractivity contribution is -0.572. The number of rotatable bonds is 1. The molecule has 1 aliphatic heterocycles. The molecule has 0 saturated heterocycles. The third kappa shape index (κ3) is 1.71. The molecule has 1 rings (SSSR count). The topological polar surface area (TPSA) is 62.0 Å². The van der Waals surface area contributed by atoms with E-state index in [-0.39, 0.29) is 10.5 Å². The van der Waals surface area contributed by atoms with Gasteiger partial charge in [0.25, 0.3) is 0 Å². The van der Waals surface area contributed by atoms with Crippen LogP contribution in [0.25, 0.3) is 0 Å². The van der Waals surface area contributed by atoms with Crippen molar-refractivity contribution in [1.29, 1.82) is 0 Å². The van der Waals surface area contributed by atoms with E-state index >= 15 is 0 Å². The summed E-state index contributed by atoms with van der Waals surface area (Å²) in [5.74, 6) is 0. The van der Waals surface area contributed by atoms with E-state index < -0.39 is 6.29 Å². The smallest absolute Gasteiger partial charge is 0.274 e. The third-order valence-electron chi connectivity index (χ3n) is 1.90. The van der Waals surface area contributed by atoms with Gasteiger partial charge in [-0.1, -0.05) is 0 Å². The van der Waals surface area contributed by atoms with Crippen LogP contribution in [0.3, 0.4) is 0 Å². The van der Waals surface area contributed by atoms with Crippen LogP contribution in [0.5, 0.6) is 0 Å². The van der Waals surface area contributed by atoms with Crippen LogP contribution in [0.2, 0.25) is 0 Å². The first-order chi connectivity index (χ1) is 5.84. The van der Waals surface area contributed by atoms with Crippen molar-refractivity contribution >= 4 is 6.34 Å². The van der Waals surface area contributed by atoms with E-state index in [4.69, 9.17) is 0 Å². The first-order valence-electron chi connectivity index (χ1n) is 4.03. The molecule has 1 unspecified atom stereocenters. The molecule has 0 aliphatic carbocycles. The Kier molecular flexibility index (Phi) is 2.15. The fraction of sp³-hybridized carbons (Fsp3) is 0.857. The largest absolute Gasteiger partial charge is 0.384 e. The van der Waals surface area contributed by atoms with Crippen LogP contribution in [-0.2, 0) is 0 Å². The van der Waals surface area contributed by atoms with Crippen LogP contribution in [0, 0.1) is 10.1 Å². The van der Waals surface area contributed by atoms with Gasteiger partial charge in [0.2, 0.25) is 0 Å². The predicted molar refractivity (Wildman–Crippen MR) is 48.6 cm³/mol. The van der Waals surface area contributed by atoms with Crippen LogP contribution in [0.1, 0.15) is 20.8 Å². The second-order valence-electron chi connectivity index (χ2n) is 4.01. The van der Waals surface area contributed by atoms with E-state index in [1.54, 1.807) is 11.9 Å². The number of nitro groups is 1. The molecule has 74 valence electrons. The Labute approximate surface area is 77.0 Å². The minimum atomic E-state index is -0.875. The van der Waals surface area contributed by atoms with Gasteiger partial charge in [-0.3, -0.25) is 15.0 Å². The Bertz CT molecular complexity index is 245. The number of nitrogens with zero attached hydrogens (tertiary/aromatic N) is 4. The molecule has 6 nitrogen and oxygen atoms in total. The average Bonchev–Trinajstić information content (AvgIpc) is 2.28. The summed E-state index contributed by atoms with van der Waals surface area (Å²) in [7, 11) is 1.59. The monoisotopic (exact) mass is 186 g/mol. The molecular formula is C7H14N4O2. The molecule has 0 aromatic heterocycles. The van der Waals surface area contributed by atoms with E-state index in [1.165, 1.54) is 11.3 Å². The van der Waals surface area contributed by atoms with Gasteiger partial charge < -0.3 is 0 Å². The summed E-state index contributed by atoms with van der Waals surface area (Å²) in [6.07, 6.45) is 0.632. The number of hydrogen-bond donors (Lipinski definition) is 0. The van der Waals surface area contributed by atoms with E-state index in [1.807, 2.05) is 20.8 Å². The van der Waals surface area contributed by atoms with Crippen LogP contribution < -0.4 is 0 Å². The first-order valence-corrected chi connectivity index (χ1v) is 4.03. The van der Waals surface area contributed by atoms with Gasteiger partial charge in [-0.05, 0) is 20.8 Å². The summed E-state index contributed by atoms with van der Waals surface area (Å²) in [5, 5.41) is 15.9. The minimum Gasteiger partial charge on any atom is -0.274 e. The van der Waals surface area contributed by atoms with Crippen molar-refractivity contribution in [3.63, 3.8) is 0 Å². The Morgan fingerprint density at radius 1 is 1.54 bits per heavy atom. The standard InChI is InChI=1S/C7H14N4O2/c1-7(2,3)10-5-8-9(4)6(10)11(12)13/h5-6H,1-4H3. The highest BCUT2D eigenvalue weighted by atomic mass is 16.6. The lowest BCUT2D eigenvalue weighted by Crippen LogP contribution is -2.52. The lowest BCUT2D eigenvalue weighted by Gasteiger charge is -2.32. The lowest BCUT2D eigenvalue weighted by atomic mass is 10.1. The van der Waals surface area contributed by atoms with Crippen molar-refractivity contribution < 1.29 is 4.92 Å². The van der Waals surface area contributed by atoms with Crippen LogP contribution >= 0.6 is 0 Å². The Morgan fingerprint density at radius 2 is 2.08 bits per heavy atom. The maximum Gasteiger partial charge on any atom is 0.384 e. The quantitative estimate of drug-likeness (QED) is 0.443. The van der Waals surface area contributed by atoms with Gasteiger partial charge >= 0.3 is 6.29 Å². The van der Waals surface area contributed by atoms with Crippen molar-refractivity contribution in [2.75, 3.05) is 7.05 Å². The molecule has 1 heterocycles. The fourth-order valence-corrected chi connectivity index (χ4v) is 1.19. The summed E-state index contributed by atoms with van der Waals surface area (Å²) >= 11 is 0. The van der Waals surface area contributed by atoms with Gasteiger partial charge in [-0.2, -0.15) is 5.10 Å². The average molecular weight is 186 g/mol. The van der Waals surface area contributed by atoms with E-state index in [0.717, 1.165) is 0 Å². The fourth-order valence-electron chi connectivity index (χ4n) is 1.19. The van der Waals surface area contributed by atoms with Crippen molar-refractivity contribution in [3.8, 4) is 0 Å². The molecule has 1 aliphatic rings. The summed E-state index contributed by atoms with van der Waals surface area (Å²) in [6, 6.07) is 0. The van der Waals surface area contributed by atoms with Gasteiger partial charge in [0, 0.05) is 12.6 Å². The van der Waals surface area contributed by atoms with E-state index in [9.17, 15) is 10.1 Å². The van der Waals surface area contributed by atoms with E-state index in [2.05, 4.69) is 5.10 Å². The zero-order valence-corrected chi connectivity index (χ0v) is 8.26. The summed E-state index contributed by atoms with van der Waals surface area (Å²) < 4.78 is 0. The molecule has 0 amide bonds. The highest BCUT2D eigenvalue weighted by molar-refractivity contribution is 5.57. The first kappa shape index (κ1) is 9.76. The number of hydrogen-bond acceptors (Lipinski definition) is 5. The predicted octanol–water partition coefficient (Wildman–Crippen LogP) is 0.536. The molecule has 0 spiro atoms. The highest BCUT2D eigenvalue weighted by Gasteiger charge is 2.41. The molecular weight excluding hydrogens is 172 g/mol. The maximum atomic E-state index is 10.7. The summed E-state index contributed by atoms with van der Waals surface area (Å²) in [5.41, 5.74) is -0.286. The van der Waals surface area contributed by atoms with Crippen LogP contribution in [0.15, 0.2) is 5.10 Å². The second-order valence-corrected chi connectivity index (χ2v) is 4.01. The van der Waals surface area contributed by atoms with Crippen LogP contribution in [-0.4, -0.2) is 40.0 Å². The normalized spacial score (nSPS) is 22.6. The molecule has 0 saturated carbocycles. The summed E-state index contributed by atoms with van der Waals surface area (Å²) in [4.78, 5) is 12.0. The van der Waals surface area contributed by atoms with Crippen molar-refractivity contribution in [2.24, 2.45) is 5.10 Å². The van der Waals surface area contributed by atoms with Crippen molar-refractivity contribution in [3.05, 3.63) is 10.1 Å². The Balaban J connectivity index is 2.88. The van der Waals surface area contributed by atoms with E-state index in [0.29, 0.717) is 0 Å². The third-order valence-corrected chi connectivity index (χ3v) is 1.90. The summed E-state index contributed by atoms with van der Waals surface area (Å²) in [6.45, 7) is 5.73. The SMILES string of the molecule is CN1N=CN(C(C)(C)C)C1[N+](=O)[O-]. The van der Waals surface area contributed by atoms with Gasteiger partial charge in [0.05, 0.1) is 4.92 Å². The van der Waals surface area contributed by atoms with Gasteiger partial charge in [-0.15, -0.1) is 0 Å². The second kappa shape index (κ2) is 2.86. The number of hydrazone groups is 1. The van der Waals surface area contributed by atoms with Gasteiger partial charge in [-0.25, -0.2) is 5.01 Å². The zero-order valence-electron chi connectivity index (χ0n) is 8.26. The maximum absolute atomic E-state index is 10.7. The molecule has 0 aromatic rings. The van der Waals surface area contributed by atoms with Gasteiger partial charge in [0.15, 0.2) is 0 Å². The molecule has 0 bridgehead atoms. The molecule has 1 atom stereocenters. The van der Waals surface area contributed by atoms with Crippen molar-refractivity contribution in [1.82, 2.24) is 9.91 Å². The molecule has 0 fully saturated rings.